The highest BCUT2D eigenvalue weighted by Crippen LogP contribution is 2.53. The van der Waals surface area contributed by atoms with Gasteiger partial charge in [-0.2, -0.15) is 0 Å². The number of H-pyrrole nitrogens is 1. The summed E-state index contributed by atoms with van der Waals surface area (Å²) >= 11 is 13.3. The summed E-state index contributed by atoms with van der Waals surface area (Å²) in [5, 5.41) is 9.25. The Kier molecular flexibility index (Phi) is 9.64. The molecule has 2 unspecified atom stereocenters. The minimum absolute atomic E-state index is 0.172. The number of aromatic nitrogens is 3. The molecule has 10 heteroatoms. The molecule has 2 atom stereocenters. The number of amides is 1. The van der Waals surface area contributed by atoms with Gasteiger partial charge >= 0.3 is 0 Å². The number of rotatable bonds is 8. The lowest BCUT2D eigenvalue weighted by Gasteiger charge is -2.39. The Bertz CT molecular complexity index is 2420. The molecule has 6 heterocycles. The van der Waals surface area contributed by atoms with Crippen molar-refractivity contribution in [2.45, 2.75) is 44.8 Å². The number of anilines is 2. The van der Waals surface area contributed by atoms with Crippen LogP contribution in [0.4, 0.5) is 11.5 Å². The topological polar surface area (TPSA) is 89.2 Å². The van der Waals surface area contributed by atoms with Crippen LogP contribution in [0.5, 0.6) is 0 Å². The smallest absolute Gasteiger partial charge is 0.272 e. The number of nitrogens with zero attached hydrogens (tertiary/aromatic N) is 4. The fourth-order valence-corrected chi connectivity index (χ4v) is 8.89. The van der Waals surface area contributed by atoms with Gasteiger partial charge in [0.25, 0.3) is 5.91 Å². The van der Waals surface area contributed by atoms with E-state index in [-0.39, 0.29) is 17.9 Å². The Morgan fingerprint density at radius 2 is 1.73 bits per heavy atom. The van der Waals surface area contributed by atoms with E-state index in [0.29, 0.717) is 27.5 Å². The third-order valence-corrected chi connectivity index (χ3v) is 11.6. The van der Waals surface area contributed by atoms with E-state index >= 15 is 0 Å². The van der Waals surface area contributed by atoms with Crippen LogP contribution in [-0.4, -0.2) is 44.9 Å². The maximum Gasteiger partial charge on any atom is 0.272 e. The van der Waals surface area contributed by atoms with Crippen molar-refractivity contribution in [3.05, 3.63) is 165 Å². The van der Waals surface area contributed by atoms with Crippen LogP contribution < -0.4 is 15.5 Å². The second-order valence-corrected chi connectivity index (χ2v) is 15.5. The zero-order valence-corrected chi connectivity index (χ0v) is 32.0. The molecule has 3 N–H and O–H groups in total. The number of hydrogen-bond acceptors (Lipinski definition) is 6. The highest BCUT2D eigenvalue weighted by molar-refractivity contribution is 6.32. The molecule has 8 nitrogen and oxygen atoms in total. The van der Waals surface area contributed by atoms with Crippen LogP contribution in [0, 0.1) is 5.92 Å². The van der Waals surface area contributed by atoms with E-state index in [9.17, 15) is 4.79 Å². The van der Waals surface area contributed by atoms with E-state index in [2.05, 4.69) is 92.1 Å². The summed E-state index contributed by atoms with van der Waals surface area (Å²) in [6.45, 7) is 4.70. The zero-order valence-electron chi connectivity index (χ0n) is 30.5. The number of carbonyl (C=O) groups is 1. The predicted molar refractivity (Wildman–Crippen MR) is 223 cm³/mol. The Balaban J connectivity index is 1.12. The zero-order chi connectivity index (χ0) is 37.5. The van der Waals surface area contributed by atoms with Gasteiger partial charge in [0.1, 0.15) is 5.69 Å². The summed E-state index contributed by atoms with van der Waals surface area (Å²) in [6.07, 6.45) is 12.7. The fourth-order valence-electron chi connectivity index (χ4n) is 8.54. The van der Waals surface area contributed by atoms with E-state index < -0.39 is 0 Å². The number of benzene rings is 3. The van der Waals surface area contributed by atoms with Gasteiger partial charge in [0.05, 0.1) is 17.4 Å². The van der Waals surface area contributed by atoms with Gasteiger partial charge in [-0.1, -0.05) is 84.7 Å². The third kappa shape index (κ3) is 6.79. The number of hydrogen-bond donors (Lipinski definition) is 3. The lowest BCUT2D eigenvalue weighted by atomic mass is 9.82. The normalized spacial score (nSPS) is 18.4. The quantitative estimate of drug-likeness (QED) is 0.143. The number of aromatic amines is 1. The minimum atomic E-state index is -0.235. The second-order valence-electron chi connectivity index (χ2n) is 14.6. The molecule has 6 aromatic rings. The number of nitrogens with one attached hydrogen (secondary N) is 3. The highest BCUT2D eigenvalue weighted by Gasteiger charge is 2.40. The lowest BCUT2D eigenvalue weighted by Crippen LogP contribution is -2.42. The van der Waals surface area contributed by atoms with Crippen molar-refractivity contribution in [3.8, 4) is 0 Å². The van der Waals surface area contributed by atoms with E-state index in [0.717, 1.165) is 83.6 Å². The Morgan fingerprint density at radius 1 is 0.927 bits per heavy atom. The summed E-state index contributed by atoms with van der Waals surface area (Å²) < 4.78 is 0. The molecule has 3 aliphatic heterocycles. The van der Waals surface area contributed by atoms with E-state index in [1.807, 2.05) is 54.7 Å². The molecular weight excluding hydrogens is 725 g/mol. The van der Waals surface area contributed by atoms with Crippen molar-refractivity contribution in [1.82, 2.24) is 25.2 Å². The van der Waals surface area contributed by atoms with Gasteiger partial charge in [-0.15, -0.1) is 0 Å². The SMILES string of the molecule is CC1CC=CN2C(=C1c1ccccc1)c1c(C(=O)Nc3cccnc3N3CCC(NCc4cccnc4)CC3)[nH]c3cc(Cl)cc(c13)C2c1ccc(Cl)cc1. The first kappa shape index (κ1) is 35.3. The van der Waals surface area contributed by atoms with Crippen LogP contribution in [-0.2, 0) is 6.54 Å². The number of pyridine rings is 2. The minimum Gasteiger partial charge on any atom is -0.355 e. The Hall–Kier alpha value is -5.41. The van der Waals surface area contributed by atoms with Crippen LogP contribution in [0.15, 0.2) is 122 Å². The first-order chi connectivity index (χ1) is 26.9. The molecule has 1 fully saturated rings. The molecule has 55 heavy (non-hydrogen) atoms. The molecule has 0 saturated carbocycles. The lowest BCUT2D eigenvalue weighted by molar-refractivity contribution is 0.102. The average molecular weight is 767 g/mol. The molecule has 3 aliphatic rings. The summed E-state index contributed by atoms with van der Waals surface area (Å²) in [4.78, 5) is 32.1. The van der Waals surface area contributed by atoms with E-state index in [1.165, 1.54) is 11.1 Å². The van der Waals surface area contributed by atoms with Crippen LogP contribution >= 0.6 is 23.2 Å². The van der Waals surface area contributed by atoms with Gasteiger partial charge in [-0.3, -0.25) is 9.78 Å². The number of piperidine rings is 1. The Labute approximate surface area is 330 Å². The maximum atomic E-state index is 14.9. The van der Waals surface area contributed by atoms with Gasteiger partial charge in [0.15, 0.2) is 5.82 Å². The summed E-state index contributed by atoms with van der Waals surface area (Å²) in [5.74, 6) is 0.710. The van der Waals surface area contributed by atoms with Crippen LogP contribution in [0.1, 0.15) is 70.5 Å². The number of fused-ring (bicyclic) bond motifs is 2. The van der Waals surface area contributed by atoms with Gasteiger partial charge in [0, 0.05) is 77.0 Å². The van der Waals surface area contributed by atoms with Crippen LogP contribution in [0.25, 0.3) is 22.2 Å². The Morgan fingerprint density at radius 3 is 2.51 bits per heavy atom. The standard InChI is InChI=1S/C45H41Cl2N7O/c1-28-8-7-21-54-42(31-13-15-32(46)16-14-31)35-24-33(47)25-37-39(35)40(43(54)38(28)30-10-3-2-4-11-30)41(51-37)45(55)52-36-12-6-20-49-44(36)53-22-17-34(18-23-53)50-27-29-9-5-19-48-26-29/h2-7,9-16,19-21,24-26,28,34,42,50-51H,8,17-18,22-23,27H2,1H3,(H,52,55). The van der Waals surface area contributed by atoms with Crippen molar-refractivity contribution in [2.24, 2.45) is 5.92 Å². The maximum absolute atomic E-state index is 14.9. The number of carbonyl (C=O) groups excluding carboxylic acids is 1. The predicted octanol–water partition coefficient (Wildman–Crippen LogP) is 10.1. The van der Waals surface area contributed by atoms with Crippen molar-refractivity contribution in [1.29, 1.82) is 0 Å². The largest absolute Gasteiger partial charge is 0.355 e. The molecule has 0 spiro atoms. The summed E-state index contributed by atoms with van der Waals surface area (Å²) in [7, 11) is 0. The number of allylic oxidation sites excluding steroid dienone is 2. The van der Waals surface area contributed by atoms with Crippen molar-refractivity contribution in [2.75, 3.05) is 23.3 Å². The molecule has 9 rings (SSSR count). The van der Waals surface area contributed by atoms with Gasteiger partial charge < -0.3 is 25.4 Å². The van der Waals surface area contributed by atoms with Crippen LogP contribution in [0.2, 0.25) is 10.0 Å². The molecule has 3 aromatic heterocycles. The average Bonchev–Trinajstić information content (AvgIpc) is 3.50. The second kappa shape index (κ2) is 15.0. The van der Waals surface area contributed by atoms with E-state index in [1.54, 1.807) is 12.4 Å². The van der Waals surface area contributed by atoms with Crippen LogP contribution in [0.3, 0.4) is 0 Å². The van der Waals surface area contributed by atoms with Crippen molar-refractivity contribution in [3.63, 3.8) is 0 Å². The van der Waals surface area contributed by atoms with Gasteiger partial charge in [0.2, 0.25) is 0 Å². The summed E-state index contributed by atoms with van der Waals surface area (Å²) in [5.41, 5.74) is 9.43. The third-order valence-electron chi connectivity index (χ3n) is 11.1. The fraction of sp³-hybridized carbons (Fsp3) is 0.222. The molecule has 0 radical (unpaired) electrons. The molecule has 276 valence electrons. The highest BCUT2D eigenvalue weighted by atomic mass is 35.5. The first-order valence-corrected chi connectivity index (χ1v) is 19.7. The van der Waals surface area contributed by atoms with Gasteiger partial charge in [-0.25, -0.2) is 4.98 Å². The first-order valence-electron chi connectivity index (χ1n) is 18.9. The molecule has 0 aliphatic carbocycles. The molecule has 1 amide bonds. The monoisotopic (exact) mass is 765 g/mol. The van der Waals surface area contributed by atoms with Crippen molar-refractivity contribution < 1.29 is 4.79 Å². The summed E-state index contributed by atoms with van der Waals surface area (Å²) in [6, 6.07) is 30.6. The van der Waals surface area contributed by atoms with Crippen molar-refractivity contribution >= 4 is 62.8 Å². The molecule has 3 aromatic carbocycles. The molecular formula is C45H41Cl2N7O. The molecule has 1 saturated heterocycles. The molecule has 0 bridgehead atoms. The van der Waals surface area contributed by atoms with Gasteiger partial charge in [-0.05, 0) is 95.5 Å². The van der Waals surface area contributed by atoms with E-state index in [4.69, 9.17) is 28.2 Å². The number of halogens is 2.